The van der Waals surface area contributed by atoms with E-state index in [1.54, 1.807) is 6.21 Å². The first kappa shape index (κ1) is 19.4. The van der Waals surface area contributed by atoms with Gasteiger partial charge in [0.25, 0.3) is 0 Å². The quantitative estimate of drug-likeness (QED) is 0.350. The number of ether oxygens (including phenoxy) is 1. The van der Waals surface area contributed by atoms with Crippen LogP contribution in [0.25, 0.3) is 10.8 Å². The molecule has 4 aromatic rings. The average molecular weight is 394 g/mol. The zero-order valence-electron chi connectivity index (χ0n) is 16.5. The van der Waals surface area contributed by atoms with Crippen LogP contribution in [0.5, 0.6) is 5.75 Å². The molecular weight excluding hydrogens is 372 g/mol. The van der Waals surface area contributed by atoms with E-state index in [9.17, 15) is 4.79 Å². The van der Waals surface area contributed by atoms with Gasteiger partial charge in [0.05, 0.1) is 12.6 Å². The van der Waals surface area contributed by atoms with E-state index < -0.39 is 0 Å². The van der Waals surface area contributed by atoms with Gasteiger partial charge in [0.1, 0.15) is 12.4 Å². The molecular formula is C26H22N2O2. The number of nitrogens with one attached hydrogen (secondary N) is 1. The Morgan fingerprint density at radius 3 is 2.53 bits per heavy atom. The zero-order chi connectivity index (χ0) is 20.6. The molecule has 4 aromatic carbocycles. The van der Waals surface area contributed by atoms with E-state index >= 15 is 0 Å². The lowest BCUT2D eigenvalue weighted by Gasteiger charge is -2.07. The summed E-state index contributed by atoms with van der Waals surface area (Å²) in [7, 11) is 0. The molecule has 0 aliphatic rings. The number of fused-ring (bicyclic) bond motifs is 1. The maximum absolute atomic E-state index is 12.3. The molecule has 0 atom stereocenters. The Morgan fingerprint density at radius 2 is 1.63 bits per heavy atom. The van der Waals surface area contributed by atoms with Crippen molar-refractivity contribution in [3.05, 3.63) is 114 Å². The number of hydrogen-bond acceptors (Lipinski definition) is 3. The summed E-state index contributed by atoms with van der Waals surface area (Å²) in [4.78, 5) is 12.3. The molecule has 0 saturated heterocycles. The molecule has 0 heterocycles. The van der Waals surface area contributed by atoms with E-state index in [4.69, 9.17) is 4.74 Å². The van der Waals surface area contributed by atoms with Crippen molar-refractivity contribution in [1.29, 1.82) is 0 Å². The van der Waals surface area contributed by atoms with E-state index in [2.05, 4.69) is 10.5 Å². The number of hydrazone groups is 1. The molecule has 0 aromatic heterocycles. The third kappa shape index (κ3) is 5.11. The Bertz CT molecular complexity index is 1160. The first-order chi connectivity index (χ1) is 14.8. The number of hydrogen-bond donors (Lipinski definition) is 1. The maximum Gasteiger partial charge on any atom is 0.244 e. The molecule has 1 N–H and O–H groups in total. The minimum absolute atomic E-state index is 0.154. The maximum atomic E-state index is 12.3. The SMILES string of the molecule is O=C(Cc1cccc2ccccc12)NN=Cc1cccc(OCc2ccccc2)c1. The Labute approximate surface area is 175 Å². The first-order valence-corrected chi connectivity index (χ1v) is 9.83. The fourth-order valence-electron chi connectivity index (χ4n) is 3.26. The van der Waals surface area contributed by atoms with Crippen LogP contribution >= 0.6 is 0 Å². The Kier molecular flexibility index (Phi) is 6.16. The van der Waals surface area contributed by atoms with E-state index in [1.165, 1.54) is 0 Å². The van der Waals surface area contributed by atoms with E-state index in [-0.39, 0.29) is 12.3 Å². The third-order valence-electron chi connectivity index (χ3n) is 4.74. The second-order valence-electron chi connectivity index (χ2n) is 6.95. The molecule has 0 aliphatic heterocycles. The predicted octanol–water partition coefficient (Wildman–Crippen LogP) is 5.11. The number of benzene rings is 4. The van der Waals surface area contributed by atoms with Crippen LogP contribution in [0.4, 0.5) is 0 Å². The molecule has 0 saturated carbocycles. The van der Waals surface area contributed by atoms with Crippen LogP contribution in [0.2, 0.25) is 0 Å². The first-order valence-electron chi connectivity index (χ1n) is 9.83. The summed E-state index contributed by atoms with van der Waals surface area (Å²) in [5.74, 6) is 0.601. The van der Waals surface area contributed by atoms with Gasteiger partial charge in [0.2, 0.25) is 5.91 Å². The van der Waals surface area contributed by atoms with Crippen molar-refractivity contribution in [3.8, 4) is 5.75 Å². The van der Waals surface area contributed by atoms with E-state index in [0.717, 1.165) is 33.2 Å². The van der Waals surface area contributed by atoms with Crippen LogP contribution in [0.15, 0.2) is 102 Å². The summed E-state index contributed by atoms with van der Waals surface area (Å²) in [6.45, 7) is 0.503. The van der Waals surface area contributed by atoms with Gasteiger partial charge < -0.3 is 4.74 Å². The molecule has 148 valence electrons. The highest BCUT2D eigenvalue weighted by Gasteiger charge is 2.06. The van der Waals surface area contributed by atoms with E-state index in [0.29, 0.717) is 6.61 Å². The fraction of sp³-hybridized carbons (Fsp3) is 0.0769. The zero-order valence-corrected chi connectivity index (χ0v) is 16.5. The highest BCUT2D eigenvalue weighted by atomic mass is 16.5. The highest BCUT2D eigenvalue weighted by molar-refractivity contribution is 5.90. The van der Waals surface area contributed by atoms with Gasteiger partial charge in [-0.15, -0.1) is 0 Å². The molecule has 0 spiro atoms. The molecule has 0 bridgehead atoms. The van der Waals surface area contributed by atoms with Crippen molar-refractivity contribution in [2.75, 3.05) is 0 Å². The number of carbonyl (C=O) groups excluding carboxylic acids is 1. The van der Waals surface area contributed by atoms with Crippen molar-refractivity contribution in [2.45, 2.75) is 13.0 Å². The Morgan fingerprint density at radius 1 is 0.867 bits per heavy atom. The third-order valence-corrected chi connectivity index (χ3v) is 4.74. The largest absolute Gasteiger partial charge is 0.489 e. The van der Waals surface area contributed by atoms with Crippen LogP contribution in [-0.2, 0) is 17.8 Å². The molecule has 0 unspecified atom stereocenters. The van der Waals surface area contributed by atoms with Gasteiger partial charge in [0.15, 0.2) is 0 Å². The Hall–Kier alpha value is -3.92. The van der Waals surface area contributed by atoms with Gasteiger partial charge >= 0.3 is 0 Å². The van der Waals surface area contributed by atoms with Crippen LogP contribution in [0, 0.1) is 0 Å². The molecule has 30 heavy (non-hydrogen) atoms. The van der Waals surface area contributed by atoms with Gasteiger partial charge in [-0.25, -0.2) is 5.43 Å². The van der Waals surface area contributed by atoms with Crippen LogP contribution in [0.3, 0.4) is 0 Å². The number of carbonyl (C=O) groups is 1. The second-order valence-corrected chi connectivity index (χ2v) is 6.95. The number of nitrogens with zero attached hydrogens (tertiary/aromatic N) is 1. The second kappa shape index (κ2) is 9.52. The van der Waals surface area contributed by atoms with Crippen molar-refractivity contribution < 1.29 is 9.53 Å². The van der Waals surface area contributed by atoms with Gasteiger partial charge in [-0.3, -0.25) is 4.79 Å². The van der Waals surface area contributed by atoms with Crippen molar-refractivity contribution >= 4 is 22.9 Å². The van der Waals surface area contributed by atoms with Crippen molar-refractivity contribution in [3.63, 3.8) is 0 Å². The standard InChI is InChI=1S/C26H22N2O2/c29-26(17-23-13-7-12-22-11-4-5-15-25(22)23)28-27-18-21-10-6-14-24(16-21)30-19-20-8-2-1-3-9-20/h1-16,18H,17,19H2,(H,28,29). The summed E-state index contributed by atoms with van der Waals surface area (Å²) < 4.78 is 5.83. The summed E-state index contributed by atoms with van der Waals surface area (Å²) in [5.41, 5.74) is 5.56. The normalized spacial score (nSPS) is 10.9. The van der Waals surface area contributed by atoms with Crippen molar-refractivity contribution in [2.24, 2.45) is 5.10 Å². The molecule has 4 rings (SSSR count). The van der Waals surface area contributed by atoms with Gasteiger partial charge in [0, 0.05) is 0 Å². The van der Waals surface area contributed by atoms with E-state index in [1.807, 2.05) is 97.1 Å². The number of rotatable bonds is 7. The van der Waals surface area contributed by atoms with Gasteiger partial charge in [-0.2, -0.15) is 5.10 Å². The topological polar surface area (TPSA) is 50.7 Å². The minimum atomic E-state index is -0.154. The monoisotopic (exact) mass is 394 g/mol. The fourth-order valence-corrected chi connectivity index (χ4v) is 3.26. The lowest BCUT2D eigenvalue weighted by atomic mass is 10.0. The lowest BCUT2D eigenvalue weighted by molar-refractivity contribution is -0.120. The molecule has 4 heteroatoms. The summed E-state index contributed by atoms with van der Waals surface area (Å²) in [6, 6.07) is 31.6. The average Bonchev–Trinajstić information content (AvgIpc) is 2.79. The molecule has 0 aliphatic carbocycles. The summed E-state index contributed by atoms with van der Waals surface area (Å²) in [5, 5.41) is 6.31. The molecule has 1 amide bonds. The van der Waals surface area contributed by atoms with Crippen LogP contribution in [-0.4, -0.2) is 12.1 Å². The smallest absolute Gasteiger partial charge is 0.244 e. The van der Waals surface area contributed by atoms with Crippen LogP contribution in [0.1, 0.15) is 16.7 Å². The number of amides is 1. The Balaban J connectivity index is 1.34. The van der Waals surface area contributed by atoms with Crippen molar-refractivity contribution in [1.82, 2.24) is 5.43 Å². The van der Waals surface area contributed by atoms with Gasteiger partial charge in [-0.05, 0) is 39.6 Å². The van der Waals surface area contributed by atoms with Gasteiger partial charge in [-0.1, -0.05) is 84.9 Å². The minimum Gasteiger partial charge on any atom is -0.489 e. The molecule has 4 nitrogen and oxygen atoms in total. The lowest BCUT2D eigenvalue weighted by Crippen LogP contribution is -2.19. The van der Waals surface area contributed by atoms with Crippen LogP contribution < -0.4 is 10.2 Å². The predicted molar refractivity (Wildman–Crippen MR) is 121 cm³/mol. The summed E-state index contributed by atoms with van der Waals surface area (Å²) in [6.07, 6.45) is 1.90. The highest BCUT2D eigenvalue weighted by Crippen LogP contribution is 2.19. The molecule has 0 radical (unpaired) electrons. The summed E-state index contributed by atoms with van der Waals surface area (Å²) >= 11 is 0. The molecule has 0 fully saturated rings.